The molecule has 0 fully saturated rings. The molecule has 0 saturated heterocycles. The maximum atomic E-state index is 4.03. The molecule has 88 valence electrons. The predicted molar refractivity (Wildman–Crippen MR) is 78.0 cm³/mol. The molecule has 0 heteroatoms. The van der Waals surface area contributed by atoms with Crippen LogP contribution in [0.3, 0.4) is 0 Å². The quantitative estimate of drug-likeness (QED) is 0.688. The van der Waals surface area contributed by atoms with Crippen LogP contribution in [0, 0.1) is 0 Å². The van der Waals surface area contributed by atoms with Gasteiger partial charge in [-0.05, 0) is 41.0 Å². The number of allylic oxidation sites excluding steroid dienone is 5. The first kappa shape index (κ1) is 13.2. The first-order valence-corrected chi connectivity index (χ1v) is 5.97. The van der Waals surface area contributed by atoms with Gasteiger partial charge in [-0.15, -0.1) is 0 Å². The standard InChI is InChI=1S/C17H20/c1-5-10-15(6-2)16(7-3)13-17-12-9-8-11-14(17)4/h5,7-13H,3-4,6H2,1-2H3/b10-5-,16-15+,17-13-. The highest BCUT2D eigenvalue weighted by molar-refractivity contribution is 5.57. The molecule has 0 aliphatic heterocycles. The van der Waals surface area contributed by atoms with Gasteiger partial charge in [0.15, 0.2) is 0 Å². The van der Waals surface area contributed by atoms with Gasteiger partial charge in [0.05, 0.1) is 0 Å². The van der Waals surface area contributed by atoms with Crippen LogP contribution in [0.4, 0.5) is 0 Å². The highest BCUT2D eigenvalue weighted by Gasteiger charge is 1.95. The first-order valence-electron chi connectivity index (χ1n) is 5.97. The minimum atomic E-state index is 1.00. The van der Waals surface area contributed by atoms with E-state index in [2.05, 4.69) is 44.4 Å². The number of rotatable bonds is 4. The van der Waals surface area contributed by atoms with E-state index in [1.165, 1.54) is 11.1 Å². The summed E-state index contributed by atoms with van der Waals surface area (Å²) in [7, 11) is 0. The zero-order valence-electron chi connectivity index (χ0n) is 10.7. The minimum Gasteiger partial charge on any atom is -0.0985 e. The molecule has 0 spiro atoms. The van der Waals surface area contributed by atoms with E-state index in [0.717, 1.165) is 16.9 Å². The monoisotopic (exact) mass is 224 g/mol. The summed E-state index contributed by atoms with van der Waals surface area (Å²) in [5.41, 5.74) is 2.47. The van der Waals surface area contributed by atoms with Crippen LogP contribution in [0.15, 0.2) is 60.2 Å². The van der Waals surface area contributed by atoms with Gasteiger partial charge in [-0.25, -0.2) is 0 Å². The predicted octanol–water partition coefficient (Wildman–Crippen LogP) is 3.35. The van der Waals surface area contributed by atoms with Crippen molar-refractivity contribution in [3.63, 3.8) is 0 Å². The average Bonchev–Trinajstić information content (AvgIpc) is 2.35. The smallest absolute Gasteiger partial charge is 0.0184 e. The second kappa shape index (κ2) is 6.70. The summed E-state index contributed by atoms with van der Waals surface area (Å²) in [4.78, 5) is 0. The summed E-state index contributed by atoms with van der Waals surface area (Å²) >= 11 is 0. The lowest BCUT2D eigenvalue weighted by atomic mass is 10.0. The fraction of sp³-hybridized carbons (Fsp3) is 0.176. The van der Waals surface area contributed by atoms with E-state index in [1.54, 1.807) is 0 Å². The summed E-state index contributed by atoms with van der Waals surface area (Å²) in [5.74, 6) is 0. The van der Waals surface area contributed by atoms with Gasteiger partial charge >= 0.3 is 0 Å². The fourth-order valence-corrected chi connectivity index (χ4v) is 1.74. The van der Waals surface area contributed by atoms with E-state index in [4.69, 9.17) is 0 Å². The second-order valence-electron chi connectivity index (χ2n) is 3.88. The van der Waals surface area contributed by atoms with Gasteiger partial charge in [-0.1, -0.05) is 62.6 Å². The van der Waals surface area contributed by atoms with Crippen LogP contribution in [0.5, 0.6) is 0 Å². The van der Waals surface area contributed by atoms with E-state index in [0.29, 0.717) is 0 Å². The molecule has 0 aliphatic rings. The molecule has 0 heterocycles. The molecule has 1 rings (SSSR count). The lowest BCUT2D eigenvalue weighted by Gasteiger charge is -2.02. The average molecular weight is 224 g/mol. The van der Waals surface area contributed by atoms with Gasteiger partial charge in [-0.2, -0.15) is 0 Å². The van der Waals surface area contributed by atoms with E-state index in [9.17, 15) is 0 Å². The molecular weight excluding hydrogens is 204 g/mol. The first-order chi connectivity index (χ1) is 8.22. The Morgan fingerprint density at radius 3 is 2.53 bits per heavy atom. The topological polar surface area (TPSA) is 0 Å². The molecule has 0 atom stereocenters. The third-order valence-corrected chi connectivity index (χ3v) is 2.71. The lowest BCUT2D eigenvalue weighted by Crippen LogP contribution is -2.21. The number of hydrogen-bond acceptors (Lipinski definition) is 0. The van der Waals surface area contributed by atoms with Crippen molar-refractivity contribution in [3.8, 4) is 0 Å². The Morgan fingerprint density at radius 1 is 1.29 bits per heavy atom. The van der Waals surface area contributed by atoms with Crippen LogP contribution in [-0.4, -0.2) is 0 Å². The number of hydrogen-bond donors (Lipinski definition) is 0. The summed E-state index contributed by atoms with van der Waals surface area (Å²) in [6.07, 6.45) is 9.26. The van der Waals surface area contributed by atoms with Crippen LogP contribution in [-0.2, 0) is 0 Å². The SMILES string of the molecule is C=CC(/C=c1/ccccc1=C)=C(\C=C/C)CC. The molecule has 0 bridgehead atoms. The maximum absolute atomic E-state index is 4.03. The van der Waals surface area contributed by atoms with Crippen LogP contribution < -0.4 is 10.4 Å². The van der Waals surface area contributed by atoms with Gasteiger partial charge in [-0.3, -0.25) is 0 Å². The van der Waals surface area contributed by atoms with Crippen LogP contribution >= 0.6 is 0 Å². The Bertz CT molecular complexity index is 542. The van der Waals surface area contributed by atoms with E-state index >= 15 is 0 Å². The molecule has 0 saturated carbocycles. The van der Waals surface area contributed by atoms with Crippen molar-refractivity contribution in [2.75, 3.05) is 0 Å². The van der Waals surface area contributed by atoms with Gasteiger partial charge in [0.2, 0.25) is 0 Å². The van der Waals surface area contributed by atoms with Crippen molar-refractivity contribution in [2.45, 2.75) is 20.3 Å². The van der Waals surface area contributed by atoms with Crippen molar-refractivity contribution in [2.24, 2.45) is 0 Å². The molecular formula is C17H20. The molecule has 0 aliphatic carbocycles. The molecule has 1 aromatic carbocycles. The number of benzene rings is 1. The third-order valence-electron chi connectivity index (χ3n) is 2.71. The second-order valence-corrected chi connectivity index (χ2v) is 3.88. The maximum Gasteiger partial charge on any atom is -0.0184 e. The Hall–Kier alpha value is -1.82. The van der Waals surface area contributed by atoms with E-state index in [-0.39, 0.29) is 0 Å². The van der Waals surface area contributed by atoms with Crippen LogP contribution in [0.1, 0.15) is 20.3 Å². The van der Waals surface area contributed by atoms with Gasteiger partial charge in [0, 0.05) is 0 Å². The largest absolute Gasteiger partial charge is 0.0985 e. The van der Waals surface area contributed by atoms with Crippen molar-refractivity contribution < 1.29 is 0 Å². The van der Waals surface area contributed by atoms with E-state index < -0.39 is 0 Å². The molecule has 17 heavy (non-hydrogen) atoms. The minimum absolute atomic E-state index is 1.00. The van der Waals surface area contributed by atoms with Crippen molar-refractivity contribution >= 4 is 12.7 Å². The van der Waals surface area contributed by atoms with Crippen LogP contribution in [0.2, 0.25) is 0 Å². The molecule has 1 aromatic rings. The molecule has 0 unspecified atom stereocenters. The van der Waals surface area contributed by atoms with Gasteiger partial charge in [0.1, 0.15) is 0 Å². The molecule has 0 aromatic heterocycles. The van der Waals surface area contributed by atoms with Crippen molar-refractivity contribution in [1.82, 2.24) is 0 Å². The van der Waals surface area contributed by atoms with Crippen molar-refractivity contribution in [1.29, 1.82) is 0 Å². The summed E-state index contributed by atoms with van der Waals surface area (Å²) in [6.45, 7) is 12.1. The Morgan fingerprint density at radius 2 is 2.00 bits per heavy atom. The fourth-order valence-electron chi connectivity index (χ4n) is 1.74. The lowest BCUT2D eigenvalue weighted by molar-refractivity contribution is 1.14. The Kier molecular flexibility index (Phi) is 5.22. The molecule has 0 N–H and O–H groups in total. The third kappa shape index (κ3) is 3.60. The summed E-state index contributed by atoms with van der Waals surface area (Å²) in [5, 5.41) is 2.20. The van der Waals surface area contributed by atoms with Gasteiger partial charge < -0.3 is 0 Å². The molecule has 0 amide bonds. The van der Waals surface area contributed by atoms with Crippen LogP contribution in [0.25, 0.3) is 12.7 Å². The van der Waals surface area contributed by atoms with Gasteiger partial charge in [0.25, 0.3) is 0 Å². The zero-order chi connectivity index (χ0) is 12.7. The summed E-state index contributed by atoms with van der Waals surface area (Å²) in [6, 6.07) is 8.13. The highest BCUT2D eigenvalue weighted by atomic mass is 14.0. The van der Waals surface area contributed by atoms with E-state index in [1.807, 2.05) is 31.2 Å². The molecule has 0 nitrogen and oxygen atoms in total. The van der Waals surface area contributed by atoms with Crippen molar-refractivity contribution in [3.05, 3.63) is 70.7 Å². The highest BCUT2D eigenvalue weighted by Crippen LogP contribution is 2.12. The normalized spacial score (nSPS) is 13.9. The summed E-state index contributed by atoms with van der Waals surface area (Å²) < 4.78 is 0. The Balaban J connectivity index is 3.41. The zero-order valence-corrected chi connectivity index (χ0v) is 10.7. The Labute approximate surface area is 104 Å². The molecule has 0 radical (unpaired) electrons.